The van der Waals surface area contributed by atoms with Gasteiger partial charge in [0, 0.05) is 0 Å². The van der Waals surface area contributed by atoms with Crippen molar-refractivity contribution in [3.8, 4) is 0 Å². The Labute approximate surface area is 96.4 Å². The van der Waals surface area contributed by atoms with E-state index in [0.717, 1.165) is 25.7 Å². The van der Waals surface area contributed by atoms with E-state index in [1.54, 1.807) is 18.4 Å². The number of likely N-dealkylation sites (N-methyl/N-ethyl adjacent to an activating group) is 1. The maximum absolute atomic E-state index is 12.5. The van der Waals surface area contributed by atoms with Crippen LogP contribution in [0.15, 0.2) is 22.8 Å². The normalized spacial score (nSPS) is 19.9. The quantitative estimate of drug-likeness (QED) is 0.736. The number of rotatable bonds is 3. The van der Waals surface area contributed by atoms with E-state index in [1.807, 2.05) is 14.1 Å². The molecule has 16 heavy (non-hydrogen) atoms. The van der Waals surface area contributed by atoms with Crippen LogP contribution >= 0.6 is 0 Å². The van der Waals surface area contributed by atoms with Gasteiger partial charge < -0.3 is 4.42 Å². The average Bonchev–Trinajstić information content (AvgIpc) is 2.82. The summed E-state index contributed by atoms with van der Waals surface area (Å²) >= 11 is 0. The predicted molar refractivity (Wildman–Crippen MR) is 62.5 cm³/mol. The molecule has 3 heteroatoms. The fourth-order valence-electron chi connectivity index (χ4n) is 2.65. The lowest BCUT2D eigenvalue weighted by Gasteiger charge is -2.40. The van der Waals surface area contributed by atoms with Gasteiger partial charge >= 0.3 is 0 Å². The van der Waals surface area contributed by atoms with Crippen molar-refractivity contribution < 1.29 is 9.21 Å². The number of ketones is 1. The lowest BCUT2D eigenvalue weighted by Crippen LogP contribution is -2.52. The van der Waals surface area contributed by atoms with Gasteiger partial charge in [0.2, 0.25) is 5.78 Å². The van der Waals surface area contributed by atoms with Crippen LogP contribution in [0, 0.1) is 0 Å². The Hall–Kier alpha value is -1.09. The van der Waals surface area contributed by atoms with Crippen molar-refractivity contribution >= 4 is 5.78 Å². The second kappa shape index (κ2) is 4.42. The van der Waals surface area contributed by atoms with Gasteiger partial charge in [-0.25, -0.2) is 0 Å². The molecule has 1 aliphatic carbocycles. The SMILES string of the molecule is CN(C)C1(C(=O)c2ccco2)CCCCC1. The Morgan fingerprint density at radius 3 is 2.50 bits per heavy atom. The summed E-state index contributed by atoms with van der Waals surface area (Å²) in [5.74, 6) is 0.637. The molecule has 1 aromatic rings. The number of nitrogens with zero attached hydrogens (tertiary/aromatic N) is 1. The van der Waals surface area contributed by atoms with E-state index in [-0.39, 0.29) is 11.3 Å². The standard InChI is InChI=1S/C13H19NO2/c1-14(2)13(8-4-3-5-9-13)12(15)11-7-6-10-16-11/h6-7,10H,3-5,8-9H2,1-2H3. The minimum absolute atomic E-state index is 0.141. The molecule has 0 bridgehead atoms. The zero-order valence-electron chi connectivity index (χ0n) is 10.0. The molecule has 1 heterocycles. The van der Waals surface area contributed by atoms with Crippen LogP contribution in [0.5, 0.6) is 0 Å². The Morgan fingerprint density at radius 2 is 2.00 bits per heavy atom. The minimum atomic E-state index is -0.337. The number of carbonyl (C=O) groups excluding carboxylic acids is 1. The lowest BCUT2D eigenvalue weighted by molar-refractivity contribution is 0.0534. The predicted octanol–water partition coefficient (Wildman–Crippen LogP) is 2.73. The van der Waals surface area contributed by atoms with E-state index in [4.69, 9.17) is 4.42 Å². The molecule has 88 valence electrons. The highest BCUT2D eigenvalue weighted by Crippen LogP contribution is 2.35. The van der Waals surface area contributed by atoms with Gasteiger partial charge in [0.1, 0.15) is 0 Å². The maximum atomic E-state index is 12.5. The van der Waals surface area contributed by atoms with E-state index >= 15 is 0 Å². The third-order valence-electron chi connectivity index (χ3n) is 3.70. The first-order valence-electron chi connectivity index (χ1n) is 5.92. The molecule has 0 atom stereocenters. The first-order valence-corrected chi connectivity index (χ1v) is 5.92. The molecule has 0 saturated heterocycles. The van der Waals surface area contributed by atoms with Crippen LogP contribution in [0.2, 0.25) is 0 Å². The Kier molecular flexibility index (Phi) is 3.15. The van der Waals surface area contributed by atoms with E-state index in [1.165, 1.54) is 6.42 Å². The van der Waals surface area contributed by atoms with Gasteiger partial charge in [-0.3, -0.25) is 9.69 Å². The van der Waals surface area contributed by atoms with Crippen LogP contribution in [0.4, 0.5) is 0 Å². The zero-order valence-corrected chi connectivity index (χ0v) is 10.0. The van der Waals surface area contributed by atoms with Crippen LogP contribution in [0.25, 0.3) is 0 Å². The maximum Gasteiger partial charge on any atom is 0.218 e. The van der Waals surface area contributed by atoms with E-state index in [9.17, 15) is 4.79 Å². The average molecular weight is 221 g/mol. The molecule has 1 aromatic heterocycles. The summed E-state index contributed by atoms with van der Waals surface area (Å²) in [7, 11) is 3.98. The van der Waals surface area contributed by atoms with Crippen LogP contribution in [0.3, 0.4) is 0 Å². The van der Waals surface area contributed by atoms with Gasteiger partial charge in [-0.2, -0.15) is 0 Å². The first-order chi connectivity index (χ1) is 7.67. The van der Waals surface area contributed by atoms with Crippen molar-refractivity contribution in [3.05, 3.63) is 24.2 Å². The fraction of sp³-hybridized carbons (Fsp3) is 0.615. The van der Waals surface area contributed by atoms with Crippen LogP contribution in [0.1, 0.15) is 42.7 Å². The van der Waals surface area contributed by atoms with Gasteiger partial charge in [-0.1, -0.05) is 19.3 Å². The van der Waals surface area contributed by atoms with Gasteiger partial charge in [0.15, 0.2) is 5.76 Å². The number of hydrogen-bond donors (Lipinski definition) is 0. The molecular formula is C13H19NO2. The first kappa shape index (κ1) is 11.4. The van der Waals surface area contributed by atoms with Crippen LogP contribution < -0.4 is 0 Å². The molecule has 2 rings (SSSR count). The van der Waals surface area contributed by atoms with Gasteiger partial charge in [0.05, 0.1) is 11.8 Å². The monoisotopic (exact) mass is 221 g/mol. The van der Waals surface area contributed by atoms with E-state index in [0.29, 0.717) is 5.76 Å². The number of hydrogen-bond acceptors (Lipinski definition) is 3. The second-order valence-corrected chi connectivity index (χ2v) is 4.79. The summed E-state index contributed by atoms with van der Waals surface area (Å²) in [5.41, 5.74) is -0.337. The van der Waals surface area contributed by atoms with E-state index in [2.05, 4.69) is 4.90 Å². The molecule has 0 unspecified atom stereocenters. The summed E-state index contributed by atoms with van der Waals surface area (Å²) in [6.07, 6.45) is 6.95. The smallest absolute Gasteiger partial charge is 0.218 e. The third-order valence-corrected chi connectivity index (χ3v) is 3.70. The molecule has 0 amide bonds. The molecule has 1 aliphatic rings. The second-order valence-electron chi connectivity index (χ2n) is 4.79. The van der Waals surface area contributed by atoms with Crippen molar-refractivity contribution in [3.63, 3.8) is 0 Å². The lowest BCUT2D eigenvalue weighted by atomic mass is 9.77. The third kappa shape index (κ3) is 1.80. The summed E-state index contributed by atoms with van der Waals surface area (Å²) in [4.78, 5) is 14.6. The molecular weight excluding hydrogens is 202 g/mol. The van der Waals surface area contributed by atoms with Crippen molar-refractivity contribution in [2.45, 2.75) is 37.6 Å². The van der Waals surface area contributed by atoms with Crippen molar-refractivity contribution in [1.82, 2.24) is 4.90 Å². The van der Waals surface area contributed by atoms with E-state index < -0.39 is 0 Å². The number of Topliss-reactive ketones (excluding diaryl/α,β-unsaturated/α-hetero) is 1. The summed E-state index contributed by atoms with van der Waals surface area (Å²) in [6.45, 7) is 0. The number of furan rings is 1. The molecule has 0 N–H and O–H groups in total. The summed E-state index contributed by atoms with van der Waals surface area (Å²) < 4.78 is 5.25. The molecule has 0 aliphatic heterocycles. The van der Waals surface area contributed by atoms with Crippen molar-refractivity contribution in [2.75, 3.05) is 14.1 Å². The fourth-order valence-corrected chi connectivity index (χ4v) is 2.65. The zero-order chi connectivity index (χ0) is 11.6. The summed E-state index contributed by atoms with van der Waals surface area (Å²) in [6, 6.07) is 3.54. The highest BCUT2D eigenvalue weighted by Gasteiger charge is 2.42. The Morgan fingerprint density at radius 1 is 1.31 bits per heavy atom. The molecule has 0 spiro atoms. The number of carbonyl (C=O) groups is 1. The van der Waals surface area contributed by atoms with Gasteiger partial charge in [-0.05, 0) is 39.1 Å². The topological polar surface area (TPSA) is 33.5 Å². The molecule has 1 fully saturated rings. The van der Waals surface area contributed by atoms with Gasteiger partial charge in [0.25, 0.3) is 0 Å². The molecule has 3 nitrogen and oxygen atoms in total. The van der Waals surface area contributed by atoms with Crippen LogP contribution in [-0.4, -0.2) is 30.3 Å². The minimum Gasteiger partial charge on any atom is -0.461 e. The highest BCUT2D eigenvalue weighted by molar-refractivity contribution is 6.01. The van der Waals surface area contributed by atoms with Crippen LogP contribution in [-0.2, 0) is 0 Å². The molecule has 1 saturated carbocycles. The molecule has 0 aromatic carbocycles. The van der Waals surface area contributed by atoms with Crippen molar-refractivity contribution in [1.29, 1.82) is 0 Å². The largest absolute Gasteiger partial charge is 0.461 e. The molecule has 0 radical (unpaired) electrons. The highest BCUT2D eigenvalue weighted by atomic mass is 16.3. The van der Waals surface area contributed by atoms with Gasteiger partial charge in [-0.15, -0.1) is 0 Å². The Balaban J connectivity index is 2.28. The Bertz CT molecular complexity index is 348. The summed E-state index contributed by atoms with van der Waals surface area (Å²) in [5, 5.41) is 0. The van der Waals surface area contributed by atoms with Crippen molar-refractivity contribution in [2.24, 2.45) is 0 Å².